The van der Waals surface area contributed by atoms with Crippen LogP contribution in [0.1, 0.15) is 63.8 Å². The van der Waals surface area contributed by atoms with Crippen LogP contribution in [0.3, 0.4) is 0 Å². The van der Waals surface area contributed by atoms with Crippen molar-refractivity contribution in [2.45, 2.75) is 77.8 Å². The third-order valence-corrected chi connectivity index (χ3v) is 19.5. The predicted molar refractivity (Wildman–Crippen MR) is 165 cm³/mol. The topological polar surface area (TPSA) is 0 Å². The van der Waals surface area contributed by atoms with Crippen molar-refractivity contribution in [2.75, 3.05) is 0 Å². The van der Waals surface area contributed by atoms with Crippen molar-refractivity contribution in [2.24, 2.45) is 0 Å². The SMILES string of the molecule is CC(C)(C)[Si](C)(C)c1cc(C#Cc2ccccc2)c([Si](C)(C)C(C)(C)C)cc1C#Cc1ccccc1. The number of benzene rings is 3. The van der Waals surface area contributed by atoms with Crippen LogP contribution in [0.5, 0.6) is 0 Å². The zero-order valence-electron chi connectivity index (χ0n) is 23.9. The molecule has 186 valence electrons. The molecule has 0 amide bonds. The van der Waals surface area contributed by atoms with Crippen LogP contribution in [0.15, 0.2) is 72.8 Å². The van der Waals surface area contributed by atoms with E-state index in [1.807, 2.05) is 12.1 Å². The Kier molecular flexibility index (Phi) is 7.95. The highest BCUT2D eigenvalue weighted by atomic mass is 28.3. The maximum absolute atomic E-state index is 3.63. The Morgan fingerprint density at radius 3 is 1.06 bits per heavy atom. The summed E-state index contributed by atoms with van der Waals surface area (Å²) in [4.78, 5) is 0. The summed E-state index contributed by atoms with van der Waals surface area (Å²) in [6.45, 7) is 24.2. The van der Waals surface area contributed by atoms with Crippen LogP contribution >= 0.6 is 0 Å². The molecule has 0 N–H and O–H groups in total. The Bertz CT molecular complexity index is 1220. The first-order valence-corrected chi connectivity index (χ1v) is 19.0. The van der Waals surface area contributed by atoms with Gasteiger partial charge in [0.1, 0.15) is 0 Å². The molecule has 2 heteroatoms. The van der Waals surface area contributed by atoms with Crippen molar-refractivity contribution < 1.29 is 0 Å². The van der Waals surface area contributed by atoms with Gasteiger partial charge in [0.15, 0.2) is 0 Å². The molecule has 0 unspecified atom stereocenters. The molecule has 0 atom stereocenters. The molecule has 3 aromatic carbocycles. The van der Waals surface area contributed by atoms with Crippen LogP contribution in [-0.2, 0) is 0 Å². The minimum absolute atomic E-state index is 0.193. The molecule has 0 aliphatic carbocycles. The van der Waals surface area contributed by atoms with Gasteiger partial charge < -0.3 is 0 Å². The van der Waals surface area contributed by atoms with Crippen LogP contribution in [-0.4, -0.2) is 16.1 Å². The van der Waals surface area contributed by atoms with Crippen molar-refractivity contribution in [3.05, 3.63) is 95.1 Å². The smallest absolute Gasteiger partial charge is 0.0650 e. The second-order valence-electron chi connectivity index (χ2n) is 12.9. The predicted octanol–water partition coefficient (Wildman–Crippen LogP) is 7.92. The summed E-state index contributed by atoms with van der Waals surface area (Å²) in [5, 5.41) is 3.22. The summed E-state index contributed by atoms with van der Waals surface area (Å²) in [5.74, 6) is 14.2. The molecule has 0 aromatic heterocycles. The fraction of sp³-hybridized carbons (Fsp3) is 0.353. The van der Waals surface area contributed by atoms with E-state index in [0.717, 1.165) is 11.1 Å². The van der Waals surface area contributed by atoms with Crippen molar-refractivity contribution in [3.8, 4) is 23.7 Å². The lowest BCUT2D eigenvalue weighted by Crippen LogP contribution is -2.55. The quantitative estimate of drug-likeness (QED) is 0.245. The van der Waals surface area contributed by atoms with E-state index < -0.39 is 16.1 Å². The van der Waals surface area contributed by atoms with Crippen LogP contribution in [0.25, 0.3) is 0 Å². The van der Waals surface area contributed by atoms with E-state index in [1.54, 1.807) is 0 Å². The van der Waals surface area contributed by atoms with Crippen molar-refractivity contribution >= 4 is 26.5 Å². The average molecular weight is 507 g/mol. The second kappa shape index (κ2) is 10.3. The van der Waals surface area contributed by atoms with E-state index in [-0.39, 0.29) is 10.1 Å². The first kappa shape index (κ1) is 27.8. The zero-order chi connectivity index (χ0) is 26.8. The van der Waals surface area contributed by atoms with Crippen molar-refractivity contribution in [1.82, 2.24) is 0 Å². The van der Waals surface area contributed by atoms with Gasteiger partial charge >= 0.3 is 0 Å². The summed E-state index contributed by atoms with van der Waals surface area (Å²) >= 11 is 0. The molecule has 3 aromatic rings. The van der Waals surface area contributed by atoms with E-state index in [9.17, 15) is 0 Å². The maximum atomic E-state index is 3.63. The lowest BCUT2D eigenvalue weighted by atomic mass is 10.1. The second-order valence-corrected chi connectivity index (χ2v) is 23.5. The Balaban J connectivity index is 2.37. The van der Waals surface area contributed by atoms with E-state index in [4.69, 9.17) is 0 Å². The first-order chi connectivity index (χ1) is 16.6. The van der Waals surface area contributed by atoms with Gasteiger partial charge in [-0.3, -0.25) is 0 Å². The number of hydrogen-bond acceptors (Lipinski definition) is 0. The molecule has 0 radical (unpaired) electrons. The number of hydrogen-bond donors (Lipinski definition) is 0. The Hall–Kier alpha value is -2.79. The molecule has 0 aliphatic rings. The average Bonchev–Trinajstić information content (AvgIpc) is 2.81. The molecule has 0 nitrogen and oxygen atoms in total. The summed E-state index contributed by atoms with van der Waals surface area (Å²) in [6, 6.07) is 25.5. The molecular weight excluding hydrogens is 465 g/mol. The standard InChI is InChI=1S/C34H42Si2/c1-33(2,3)35(7,8)31-25-30(24-22-28-19-15-12-16-20-28)32(36(9,10)34(4,5)6)26-29(31)23-21-27-17-13-11-14-18-27/h11-20,25-26H,1-10H3. The summed E-state index contributed by atoms with van der Waals surface area (Å²) in [6.07, 6.45) is 0. The third kappa shape index (κ3) is 5.95. The van der Waals surface area contributed by atoms with Crippen molar-refractivity contribution in [3.63, 3.8) is 0 Å². The van der Waals surface area contributed by atoms with Gasteiger partial charge in [0, 0.05) is 22.3 Å². The molecule has 3 rings (SSSR count). The molecule has 36 heavy (non-hydrogen) atoms. The van der Waals surface area contributed by atoms with Crippen LogP contribution in [0.2, 0.25) is 36.3 Å². The molecular formula is C34H42Si2. The van der Waals surface area contributed by atoms with Gasteiger partial charge in [0.05, 0.1) is 16.1 Å². The molecule has 0 spiro atoms. The van der Waals surface area contributed by atoms with Gasteiger partial charge in [-0.05, 0) is 56.8 Å². The molecule has 0 heterocycles. The zero-order valence-corrected chi connectivity index (χ0v) is 25.9. The molecule has 0 saturated carbocycles. The van der Waals surface area contributed by atoms with Crippen molar-refractivity contribution in [1.29, 1.82) is 0 Å². The van der Waals surface area contributed by atoms with E-state index >= 15 is 0 Å². The minimum atomic E-state index is -1.89. The van der Waals surface area contributed by atoms with E-state index in [1.165, 1.54) is 21.5 Å². The first-order valence-electron chi connectivity index (χ1n) is 13.0. The lowest BCUT2D eigenvalue weighted by molar-refractivity contribution is 0.728. The largest absolute Gasteiger partial charge is 0.0876 e. The minimum Gasteiger partial charge on any atom is -0.0650 e. The Morgan fingerprint density at radius 2 is 0.778 bits per heavy atom. The van der Waals surface area contributed by atoms with Gasteiger partial charge in [0.25, 0.3) is 0 Å². The van der Waals surface area contributed by atoms with Gasteiger partial charge in [-0.2, -0.15) is 0 Å². The number of rotatable bonds is 2. The molecule has 0 saturated heterocycles. The Labute approximate surface area is 222 Å². The highest BCUT2D eigenvalue weighted by molar-refractivity contribution is 6.94. The van der Waals surface area contributed by atoms with Gasteiger partial charge in [-0.15, -0.1) is 0 Å². The van der Waals surface area contributed by atoms with Crippen LogP contribution < -0.4 is 10.4 Å². The summed E-state index contributed by atoms with van der Waals surface area (Å²) in [7, 11) is -3.77. The lowest BCUT2D eigenvalue weighted by Gasteiger charge is -2.41. The van der Waals surface area contributed by atoms with E-state index in [0.29, 0.717) is 0 Å². The van der Waals surface area contributed by atoms with Crippen LogP contribution in [0, 0.1) is 23.7 Å². The van der Waals surface area contributed by atoms with Crippen LogP contribution in [0.4, 0.5) is 0 Å². The van der Waals surface area contributed by atoms with Gasteiger partial charge in [-0.25, -0.2) is 0 Å². The summed E-state index contributed by atoms with van der Waals surface area (Å²) in [5.41, 5.74) is 4.49. The molecule has 0 bridgehead atoms. The molecule has 0 fully saturated rings. The Morgan fingerprint density at radius 1 is 0.472 bits per heavy atom. The third-order valence-electron chi connectivity index (χ3n) is 8.48. The maximum Gasteiger partial charge on any atom is 0.0876 e. The molecule has 0 aliphatic heterocycles. The van der Waals surface area contributed by atoms with E-state index in [2.05, 4.69) is 152 Å². The highest BCUT2D eigenvalue weighted by Crippen LogP contribution is 2.38. The fourth-order valence-corrected chi connectivity index (χ4v) is 8.21. The van der Waals surface area contributed by atoms with Gasteiger partial charge in [0.2, 0.25) is 0 Å². The normalized spacial score (nSPS) is 12.3. The highest BCUT2D eigenvalue weighted by Gasteiger charge is 2.42. The van der Waals surface area contributed by atoms with Gasteiger partial charge in [-0.1, -0.05) is 128 Å². The summed E-state index contributed by atoms with van der Waals surface area (Å²) < 4.78 is 0. The monoisotopic (exact) mass is 506 g/mol. The fourth-order valence-electron chi connectivity index (χ4n) is 3.97.